The summed E-state index contributed by atoms with van der Waals surface area (Å²) in [5, 5.41) is 98.7. The summed E-state index contributed by atoms with van der Waals surface area (Å²) < 4.78 is 0. The van der Waals surface area contributed by atoms with Crippen LogP contribution < -0.4 is 32.3 Å². The summed E-state index contributed by atoms with van der Waals surface area (Å²) >= 11 is 0.869. The van der Waals surface area contributed by atoms with Gasteiger partial charge in [0.1, 0.15) is 59.6 Å². The van der Waals surface area contributed by atoms with Gasteiger partial charge in [-0.05, 0) is 43.2 Å². The van der Waals surface area contributed by atoms with Gasteiger partial charge in [0.2, 0.25) is 47.3 Å². The van der Waals surface area contributed by atoms with E-state index in [-0.39, 0.29) is 17.7 Å². The lowest BCUT2D eigenvalue weighted by Gasteiger charge is -2.34. The third kappa shape index (κ3) is 12.9. The van der Waals surface area contributed by atoms with Gasteiger partial charge >= 0.3 is 0 Å². The number of primary amides is 1. The summed E-state index contributed by atoms with van der Waals surface area (Å²) in [7, 11) is 0. The number of amides is 8. The smallest absolute Gasteiger partial charge is 0.248 e. The molecule has 0 bridgehead atoms. The molecule has 3 saturated heterocycles. The van der Waals surface area contributed by atoms with E-state index in [4.69, 9.17) is 5.73 Å². The number of hydrogen-bond acceptors (Lipinski definition) is 17. The van der Waals surface area contributed by atoms with Crippen LogP contribution in [0.2, 0.25) is 0 Å². The zero-order valence-corrected chi connectivity index (χ0v) is 37.1. The van der Waals surface area contributed by atoms with Crippen LogP contribution in [-0.4, -0.2) is 189 Å². The molecule has 2 aromatic carbocycles. The van der Waals surface area contributed by atoms with Crippen molar-refractivity contribution in [3.63, 3.8) is 0 Å². The Balaban J connectivity index is 1.65. The number of nitrogens with one attached hydrogen (secondary N) is 5. The topological polar surface area (TPSA) is 391 Å². The van der Waals surface area contributed by atoms with Crippen LogP contribution in [0, 0.1) is 0 Å². The van der Waals surface area contributed by atoms with Crippen molar-refractivity contribution in [3.8, 4) is 5.75 Å². The number of phenols is 1. The minimum Gasteiger partial charge on any atom is -0.508 e. The second-order valence-electron chi connectivity index (χ2n) is 16.6. The molecule has 3 aliphatic heterocycles. The van der Waals surface area contributed by atoms with E-state index in [0.717, 1.165) is 47.5 Å². The fourth-order valence-corrected chi connectivity index (χ4v) is 9.11. The molecule has 5 rings (SSSR count). The third-order valence-electron chi connectivity index (χ3n) is 11.5. The molecular weight excluding hydrogens is 905 g/mol. The first-order valence-corrected chi connectivity index (χ1v) is 22.1. The molecule has 2 aromatic rings. The summed E-state index contributed by atoms with van der Waals surface area (Å²) in [6.45, 7) is 1.20. The van der Waals surface area contributed by atoms with E-state index in [1.807, 2.05) is 0 Å². The molecule has 14 unspecified atom stereocenters. The molecule has 0 aliphatic carbocycles. The molecule has 3 heterocycles. The van der Waals surface area contributed by atoms with Crippen molar-refractivity contribution < 1.29 is 79.2 Å². The molecule has 0 aromatic heterocycles. The number of carbonyl (C=O) groups is 8. The molecule has 8 amide bonds. The average Bonchev–Trinajstić information content (AvgIpc) is 3.86. The van der Waals surface area contributed by atoms with Gasteiger partial charge in [0.05, 0.1) is 36.9 Å². The van der Waals surface area contributed by atoms with Gasteiger partial charge in [-0.15, -0.1) is 0 Å². The Kier molecular flexibility index (Phi) is 17.6. The standard InChI is InChI=1S/C42H56N8O16S/c1-18(51)30-41(65)50-17-22(54)14-25(50)37(62)47-32(35(60)34(59)20-8-10-21(53)11-9-20)38(63)46-31(27(56)16-29(43)58)42(66)49-13-12-26(55)33(49)39(64)48-40(67-23-6-4-3-5-7-23)28(57)15-24(36(61)45-30)44-19(2)52/h3-11,18,22,24-28,30-35,40,51,53-57,59-60H,12-17H2,1-2H3,(H2,43,58)(H,44,52)(H,45,61)(H,46,63)(H,47,62)(H,48,64). The first-order chi connectivity index (χ1) is 31.6. The lowest BCUT2D eigenvalue weighted by atomic mass is 9.96. The SMILES string of the molecule is CC(=O)NC1CC(O)C(Sc2ccccc2)NC(=O)C2C(O)CCN2C(=O)C(C(O)CC(N)=O)NC(=O)C(C(O)C(O)c2ccc(O)cc2)NC(=O)C2CC(O)CN2C(=O)C(C(C)O)NC1=O. The van der Waals surface area contributed by atoms with Gasteiger partial charge in [0.15, 0.2) is 0 Å². The number of nitrogens with two attached hydrogens (primary N) is 1. The van der Waals surface area contributed by atoms with E-state index in [2.05, 4.69) is 26.6 Å². The van der Waals surface area contributed by atoms with E-state index < -0.39 is 164 Å². The Bertz CT molecular complexity index is 2140. The second kappa shape index (κ2) is 22.7. The van der Waals surface area contributed by atoms with Crippen LogP contribution in [0.1, 0.15) is 51.2 Å². The van der Waals surface area contributed by atoms with Crippen LogP contribution in [0.5, 0.6) is 5.75 Å². The monoisotopic (exact) mass is 960 g/mol. The lowest BCUT2D eigenvalue weighted by molar-refractivity contribution is -0.148. The van der Waals surface area contributed by atoms with Gasteiger partial charge < -0.3 is 83.0 Å². The zero-order valence-electron chi connectivity index (χ0n) is 36.2. The molecule has 24 nitrogen and oxygen atoms in total. The Hall–Kier alpha value is -5.93. The minimum atomic E-state index is -2.34. The van der Waals surface area contributed by atoms with Crippen LogP contribution in [-0.2, 0) is 38.4 Å². The van der Waals surface area contributed by atoms with Gasteiger partial charge in [-0.2, -0.15) is 0 Å². The number of rotatable bonds is 10. The quantitative estimate of drug-likeness (QED) is 0.106. The first kappa shape index (κ1) is 52.0. The fourth-order valence-electron chi connectivity index (χ4n) is 8.06. The predicted octanol–water partition coefficient (Wildman–Crippen LogP) is -5.71. The average molecular weight is 961 g/mol. The molecule has 67 heavy (non-hydrogen) atoms. The zero-order chi connectivity index (χ0) is 49.4. The second-order valence-corrected chi connectivity index (χ2v) is 17.8. The summed E-state index contributed by atoms with van der Waals surface area (Å²) in [5.74, 6) is -9.59. The molecule has 0 saturated carbocycles. The Morgan fingerprint density at radius 3 is 2.00 bits per heavy atom. The highest BCUT2D eigenvalue weighted by Gasteiger charge is 2.49. The number of nitrogens with zero attached hydrogens (tertiary/aromatic N) is 2. The molecule has 0 spiro atoms. The Labute approximate surface area is 387 Å². The van der Waals surface area contributed by atoms with Crippen molar-refractivity contribution in [2.24, 2.45) is 5.73 Å². The fraction of sp³-hybridized carbons (Fsp3) is 0.524. The minimum absolute atomic E-state index is 0.106. The van der Waals surface area contributed by atoms with E-state index in [9.17, 15) is 79.2 Å². The number of hydrogen-bond donors (Lipinski definition) is 14. The molecule has 15 N–H and O–H groups in total. The summed E-state index contributed by atoms with van der Waals surface area (Å²) in [5.41, 5.74) is 5.24. The molecule has 3 aliphatic rings. The normalized spacial score (nSPS) is 30.0. The number of aliphatic hydroxyl groups excluding tert-OH is 7. The van der Waals surface area contributed by atoms with Crippen molar-refractivity contribution in [1.29, 1.82) is 0 Å². The molecular formula is C42H56N8O16S. The molecule has 3 fully saturated rings. The molecule has 366 valence electrons. The van der Waals surface area contributed by atoms with E-state index in [1.165, 1.54) is 12.1 Å². The number of aromatic hydroxyl groups is 1. The van der Waals surface area contributed by atoms with E-state index in [0.29, 0.717) is 4.90 Å². The van der Waals surface area contributed by atoms with Gasteiger partial charge in [-0.1, -0.05) is 42.1 Å². The summed E-state index contributed by atoms with van der Waals surface area (Å²) in [6.07, 6.45) is -15.4. The van der Waals surface area contributed by atoms with Crippen LogP contribution >= 0.6 is 11.8 Å². The maximum atomic E-state index is 14.5. The van der Waals surface area contributed by atoms with Crippen molar-refractivity contribution in [2.45, 2.75) is 129 Å². The molecule has 14 atom stereocenters. The number of benzene rings is 2. The van der Waals surface area contributed by atoms with Gasteiger partial charge in [0, 0.05) is 37.8 Å². The van der Waals surface area contributed by atoms with Gasteiger partial charge in [-0.25, -0.2) is 0 Å². The highest BCUT2D eigenvalue weighted by Crippen LogP contribution is 2.29. The predicted molar refractivity (Wildman–Crippen MR) is 231 cm³/mol. The molecule has 0 radical (unpaired) electrons. The van der Waals surface area contributed by atoms with Gasteiger partial charge in [-0.3, -0.25) is 38.4 Å². The number of fused-ring (bicyclic) bond motifs is 2. The largest absolute Gasteiger partial charge is 0.508 e. The van der Waals surface area contributed by atoms with E-state index in [1.54, 1.807) is 30.3 Å². The number of carbonyl (C=O) groups excluding carboxylic acids is 8. The van der Waals surface area contributed by atoms with Gasteiger partial charge in [0.25, 0.3) is 0 Å². The first-order valence-electron chi connectivity index (χ1n) is 21.2. The van der Waals surface area contributed by atoms with Crippen molar-refractivity contribution in [3.05, 3.63) is 60.2 Å². The van der Waals surface area contributed by atoms with E-state index >= 15 is 0 Å². The van der Waals surface area contributed by atoms with Crippen LogP contribution in [0.15, 0.2) is 59.5 Å². The molecule has 25 heteroatoms. The highest BCUT2D eigenvalue weighted by atomic mass is 32.2. The van der Waals surface area contributed by atoms with Crippen molar-refractivity contribution in [1.82, 2.24) is 36.4 Å². The maximum absolute atomic E-state index is 14.5. The Morgan fingerprint density at radius 1 is 0.776 bits per heavy atom. The van der Waals surface area contributed by atoms with Crippen LogP contribution in [0.3, 0.4) is 0 Å². The Morgan fingerprint density at radius 2 is 1.39 bits per heavy atom. The van der Waals surface area contributed by atoms with Crippen LogP contribution in [0.25, 0.3) is 0 Å². The summed E-state index contributed by atoms with van der Waals surface area (Å²) in [4.78, 5) is 112. The number of thioether (sulfide) groups is 1. The van der Waals surface area contributed by atoms with Crippen molar-refractivity contribution >= 4 is 59.0 Å². The lowest BCUT2D eigenvalue weighted by Crippen LogP contribution is -2.64. The van der Waals surface area contributed by atoms with Crippen molar-refractivity contribution in [2.75, 3.05) is 13.1 Å². The number of aliphatic hydroxyl groups is 7. The third-order valence-corrected chi connectivity index (χ3v) is 12.7. The number of phenolic OH excluding ortho intramolecular Hbond substituents is 1. The summed E-state index contributed by atoms with van der Waals surface area (Å²) in [6, 6.07) is 1.18. The highest BCUT2D eigenvalue weighted by molar-refractivity contribution is 8.00. The van der Waals surface area contributed by atoms with Crippen LogP contribution in [0.4, 0.5) is 0 Å². The maximum Gasteiger partial charge on any atom is 0.248 e.